The first-order valence-corrected chi connectivity index (χ1v) is 1.97. The van der Waals surface area contributed by atoms with E-state index in [0.717, 1.165) is 0 Å². The molecule has 58 valence electrons. The molecular formula is C5H8O5. The highest BCUT2D eigenvalue weighted by Crippen LogP contribution is 1.35. The highest BCUT2D eigenvalue weighted by molar-refractivity contribution is 5.63. The summed E-state index contributed by atoms with van der Waals surface area (Å²) >= 11 is 0. The second-order valence-electron chi connectivity index (χ2n) is 0.583. The molecule has 0 radical (unpaired) electrons. The minimum absolute atomic E-state index is 0.250. The van der Waals surface area contributed by atoms with Crippen LogP contribution in [0.4, 0.5) is 0 Å². The van der Waals surface area contributed by atoms with Crippen molar-refractivity contribution >= 4 is 19.2 Å². The fourth-order valence-corrected chi connectivity index (χ4v) is 0. The summed E-state index contributed by atoms with van der Waals surface area (Å²) < 4.78 is 0. The van der Waals surface area contributed by atoms with Crippen LogP contribution in [0.15, 0.2) is 12.7 Å². The SMILES string of the molecule is C=CC=O.O=CO.O=CO. The topological polar surface area (TPSA) is 91.7 Å². The van der Waals surface area contributed by atoms with Crippen LogP contribution in [-0.2, 0) is 14.4 Å². The highest BCUT2D eigenvalue weighted by Gasteiger charge is 1.38. The van der Waals surface area contributed by atoms with Gasteiger partial charge in [-0.1, -0.05) is 6.58 Å². The van der Waals surface area contributed by atoms with Crippen LogP contribution in [0, 0.1) is 0 Å². The van der Waals surface area contributed by atoms with Gasteiger partial charge in [0.2, 0.25) is 0 Å². The minimum Gasteiger partial charge on any atom is -0.483 e. The first-order valence-electron chi connectivity index (χ1n) is 1.97. The zero-order chi connectivity index (χ0) is 8.83. The molecule has 0 saturated carbocycles. The molecule has 10 heavy (non-hydrogen) atoms. The third-order valence-corrected chi connectivity index (χ3v) is 0.0962. The van der Waals surface area contributed by atoms with Gasteiger partial charge >= 0.3 is 0 Å². The largest absolute Gasteiger partial charge is 0.483 e. The Hall–Kier alpha value is -1.65. The van der Waals surface area contributed by atoms with Gasteiger partial charge in [-0.25, -0.2) is 0 Å². The van der Waals surface area contributed by atoms with Gasteiger partial charge in [0.25, 0.3) is 12.9 Å². The molecule has 2 N–H and O–H groups in total. The van der Waals surface area contributed by atoms with Crippen molar-refractivity contribution in [3.8, 4) is 0 Å². The average Bonchev–Trinajstić information content (AvgIpc) is 1.91. The monoisotopic (exact) mass is 148 g/mol. The molecule has 0 saturated heterocycles. The van der Waals surface area contributed by atoms with E-state index in [-0.39, 0.29) is 12.9 Å². The van der Waals surface area contributed by atoms with Gasteiger partial charge in [0.1, 0.15) is 6.29 Å². The number of carbonyl (C=O) groups excluding carboxylic acids is 1. The fraction of sp³-hybridized carbons (Fsp3) is 0. The number of carboxylic acid groups (broad SMARTS) is 2. The van der Waals surface area contributed by atoms with E-state index in [4.69, 9.17) is 24.6 Å². The summed E-state index contributed by atoms with van der Waals surface area (Å²) in [4.78, 5) is 25.8. The Kier molecular flexibility index (Phi) is 84.6. The second-order valence-corrected chi connectivity index (χ2v) is 0.583. The molecule has 0 aliphatic heterocycles. The molecule has 0 unspecified atom stereocenters. The summed E-state index contributed by atoms with van der Waals surface area (Å²) in [5, 5.41) is 13.8. The van der Waals surface area contributed by atoms with Gasteiger partial charge < -0.3 is 10.2 Å². The molecule has 0 bridgehead atoms. The standard InChI is InChI=1S/C3H4O.2CH2O2/c1-2-3-4;2*2-1-3/h2-3H,1H2;2*1H,(H,2,3). The zero-order valence-corrected chi connectivity index (χ0v) is 5.14. The molecule has 0 aromatic heterocycles. The summed E-state index contributed by atoms with van der Waals surface area (Å²) in [7, 11) is 0. The van der Waals surface area contributed by atoms with E-state index in [2.05, 4.69) is 6.58 Å². The molecule has 0 heterocycles. The molecule has 0 atom stereocenters. The predicted molar refractivity (Wildman–Crippen MR) is 33.6 cm³/mol. The maximum Gasteiger partial charge on any atom is 0.290 e. The molecule has 0 amide bonds. The van der Waals surface area contributed by atoms with Crippen molar-refractivity contribution in [2.24, 2.45) is 0 Å². The van der Waals surface area contributed by atoms with Gasteiger partial charge in [-0.2, -0.15) is 0 Å². The Morgan fingerprint density at radius 2 is 1.10 bits per heavy atom. The van der Waals surface area contributed by atoms with Gasteiger partial charge in [-0.3, -0.25) is 14.4 Å². The van der Waals surface area contributed by atoms with Crippen LogP contribution in [0.25, 0.3) is 0 Å². The van der Waals surface area contributed by atoms with Crippen LogP contribution in [-0.4, -0.2) is 29.4 Å². The first kappa shape index (κ1) is 15.8. The van der Waals surface area contributed by atoms with Crippen LogP contribution in [0.3, 0.4) is 0 Å². The van der Waals surface area contributed by atoms with E-state index in [0.29, 0.717) is 6.29 Å². The third-order valence-electron chi connectivity index (χ3n) is 0.0962. The van der Waals surface area contributed by atoms with Crippen molar-refractivity contribution in [1.82, 2.24) is 0 Å². The lowest BCUT2D eigenvalue weighted by atomic mass is 10.8. The van der Waals surface area contributed by atoms with Crippen molar-refractivity contribution in [2.75, 3.05) is 0 Å². The highest BCUT2D eigenvalue weighted by atomic mass is 16.3. The Labute approximate surface area is 57.6 Å². The van der Waals surface area contributed by atoms with Crippen molar-refractivity contribution < 1.29 is 24.6 Å². The molecule has 0 fully saturated rings. The van der Waals surface area contributed by atoms with Crippen LogP contribution in [0.1, 0.15) is 0 Å². The minimum atomic E-state index is -0.250. The summed E-state index contributed by atoms with van der Waals surface area (Å²) in [6, 6.07) is 0. The number of rotatable bonds is 1. The zero-order valence-electron chi connectivity index (χ0n) is 5.14. The average molecular weight is 148 g/mol. The molecule has 0 aromatic rings. The van der Waals surface area contributed by atoms with Gasteiger partial charge in [-0.05, 0) is 6.08 Å². The molecule has 0 spiro atoms. The van der Waals surface area contributed by atoms with Crippen LogP contribution in [0.5, 0.6) is 0 Å². The Bertz CT molecular complexity index is 76.0. The predicted octanol–water partition coefficient (Wildman–Crippen LogP) is -0.227. The summed E-state index contributed by atoms with van der Waals surface area (Å²) in [5.74, 6) is 0. The van der Waals surface area contributed by atoms with E-state index in [9.17, 15) is 0 Å². The number of carbonyl (C=O) groups is 3. The number of hydrogen-bond acceptors (Lipinski definition) is 3. The maximum absolute atomic E-state index is 9.06. The quantitative estimate of drug-likeness (QED) is 0.396. The van der Waals surface area contributed by atoms with Crippen LogP contribution < -0.4 is 0 Å². The van der Waals surface area contributed by atoms with E-state index in [1.165, 1.54) is 6.08 Å². The lowest BCUT2D eigenvalue weighted by Crippen LogP contribution is -1.49. The molecule has 0 aliphatic carbocycles. The Morgan fingerprint density at radius 3 is 1.10 bits per heavy atom. The number of aldehydes is 1. The van der Waals surface area contributed by atoms with E-state index in [1.807, 2.05) is 0 Å². The van der Waals surface area contributed by atoms with Gasteiger partial charge in [0.05, 0.1) is 0 Å². The molecule has 0 aliphatic rings. The van der Waals surface area contributed by atoms with E-state index in [1.54, 1.807) is 0 Å². The number of allylic oxidation sites excluding steroid dienone is 1. The van der Waals surface area contributed by atoms with E-state index >= 15 is 0 Å². The fourth-order valence-electron chi connectivity index (χ4n) is 0. The summed E-state index contributed by atoms with van der Waals surface area (Å²) in [6.45, 7) is 2.61. The van der Waals surface area contributed by atoms with Crippen LogP contribution in [0.2, 0.25) is 0 Å². The Balaban J connectivity index is -0.0000000750. The third kappa shape index (κ3) is 430. The lowest BCUT2D eigenvalue weighted by Gasteiger charge is -1.37. The molecule has 5 heteroatoms. The normalized spacial score (nSPS) is 4.40. The van der Waals surface area contributed by atoms with Crippen molar-refractivity contribution in [3.05, 3.63) is 12.7 Å². The first-order chi connectivity index (χ1) is 4.74. The maximum atomic E-state index is 9.06. The molecular weight excluding hydrogens is 140 g/mol. The molecule has 0 rings (SSSR count). The van der Waals surface area contributed by atoms with E-state index < -0.39 is 0 Å². The molecule has 0 aromatic carbocycles. The summed E-state index contributed by atoms with van der Waals surface area (Å²) in [6.07, 6.45) is 1.83. The van der Waals surface area contributed by atoms with Gasteiger partial charge in [0, 0.05) is 0 Å². The number of hydrogen-bond donors (Lipinski definition) is 2. The van der Waals surface area contributed by atoms with Gasteiger partial charge in [-0.15, -0.1) is 0 Å². The van der Waals surface area contributed by atoms with Crippen LogP contribution >= 0.6 is 0 Å². The van der Waals surface area contributed by atoms with Crippen molar-refractivity contribution in [1.29, 1.82) is 0 Å². The summed E-state index contributed by atoms with van der Waals surface area (Å²) in [5.41, 5.74) is 0. The van der Waals surface area contributed by atoms with Crippen molar-refractivity contribution in [3.63, 3.8) is 0 Å². The van der Waals surface area contributed by atoms with Gasteiger partial charge in [0.15, 0.2) is 0 Å². The Morgan fingerprint density at radius 1 is 1.00 bits per heavy atom. The molecule has 5 nitrogen and oxygen atoms in total. The smallest absolute Gasteiger partial charge is 0.290 e. The lowest BCUT2D eigenvalue weighted by molar-refractivity contribution is -0.123. The second kappa shape index (κ2) is 53.7. The van der Waals surface area contributed by atoms with Crippen molar-refractivity contribution in [2.45, 2.75) is 0 Å².